The Morgan fingerprint density at radius 1 is 1.33 bits per heavy atom. The van der Waals surface area contributed by atoms with Gasteiger partial charge in [0, 0.05) is 25.6 Å². The molecule has 4 heteroatoms. The second-order valence-corrected chi connectivity index (χ2v) is 3.58. The van der Waals surface area contributed by atoms with Crippen LogP contribution in [0, 0.1) is 0 Å². The third kappa shape index (κ3) is 2.41. The van der Waals surface area contributed by atoms with Gasteiger partial charge in [0.2, 0.25) is 0 Å². The minimum absolute atomic E-state index is 0.0476. The van der Waals surface area contributed by atoms with Gasteiger partial charge in [-0.05, 0) is 30.2 Å². The van der Waals surface area contributed by atoms with Gasteiger partial charge in [-0.2, -0.15) is 5.10 Å². The van der Waals surface area contributed by atoms with Crippen LogP contribution < -0.4 is 5.73 Å². The molecule has 0 amide bonds. The molecule has 0 aromatic carbocycles. The van der Waals surface area contributed by atoms with Crippen LogP contribution in [-0.4, -0.2) is 14.8 Å². The van der Waals surface area contributed by atoms with Gasteiger partial charge in [0.25, 0.3) is 0 Å². The van der Waals surface area contributed by atoms with Crippen LogP contribution in [0.25, 0.3) is 0 Å². The van der Waals surface area contributed by atoms with Crippen LogP contribution in [0.3, 0.4) is 0 Å². The van der Waals surface area contributed by atoms with Crippen molar-refractivity contribution in [2.75, 3.05) is 0 Å². The average molecular weight is 202 g/mol. The number of aryl methyl sites for hydroxylation is 1. The summed E-state index contributed by atoms with van der Waals surface area (Å²) in [4.78, 5) is 3.97. The van der Waals surface area contributed by atoms with Crippen molar-refractivity contribution in [3.8, 4) is 0 Å². The summed E-state index contributed by atoms with van der Waals surface area (Å²) in [5.41, 5.74) is 8.15. The molecular formula is C11H14N4. The van der Waals surface area contributed by atoms with E-state index in [0.717, 1.165) is 12.1 Å². The summed E-state index contributed by atoms with van der Waals surface area (Å²) in [7, 11) is 1.89. The first-order valence-electron chi connectivity index (χ1n) is 4.90. The molecule has 0 radical (unpaired) electrons. The number of nitrogens with zero attached hydrogens (tertiary/aromatic N) is 3. The highest BCUT2D eigenvalue weighted by Gasteiger charge is 2.09. The fraction of sp³-hybridized carbons (Fsp3) is 0.273. The van der Waals surface area contributed by atoms with Crippen LogP contribution >= 0.6 is 0 Å². The van der Waals surface area contributed by atoms with E-state index in [2.05, 4.69) is 10.1 Å². The van der Waals surface area contributed by atoms with Crippen molar-refractivity contribution < 1.29 is 0 Å². The van der Waals surface area contributed by atoms with E-state index in [0.29, 0.717) is 0 Å². The van der Waals surface area contributed by atoms with Gasteiger partial charge in [-0.3, -0.25) is 9.67 Å². The van der Waals surface area contributed by atoms with Gasteiger partial charge >= 0.3 is 0 Å². The molecule has 2 aromatic rings. The lowest BCUT2D eigenvalue weighted by molar-refractivity contribution is 0.657. The zero-order valence-corrected chi connectivity index (χ0v) is 8.67. The van der Waals surface area contributed by atoms with Crippen molar-refractivity contribution >= 4 is 0 Å². The molecule has 2 aromatic heterocycles. The predicted octanol–water partition coefficient (Wildman–Crippen LogP) is 1.06. The second-order valence-electron chi connectivity index (χ2n) is 3.58. The van der Waals surface area contributed by atoms with E-state index in [-0.39, 0.29) is 6.04 Å². The molecule has 2 N–H and O–H groups in total. The Hall–Kier alpha value is -1.68. The lowest BCUT2D eigenvalue weighted by Gasteiger charge is -2.08. The zero-order chi connectivity index (χ0) is 10.7. The van der Waals surface area contributed by atoms with Gasteiger partial charge in [-0.15, -0.1) is 0 Å². The van der Waals surface area contributed by atoms with E-state index in [1.807, 2.05) is 31.4 Å². The monoisotopic (exact) mass is 202 g/mol. The third-order valence-corrected chi connectivity index (χ3v) is 2.32. The lowest BCUT2D eigenvalue weighted by Crippen LogP contribution is -2.14. The van der Waals surface area contributed by atoms with Crippen molar-refractivity contribution in [3.05, 3.63) is 48.0 Å². The summed E-state index contributed by atoms with van der Waals surface area (Å²) in [6, 6.07) is 5.85. The maximum absolute atomic E-state index is 6.04. The number of rotatable bonds is 3. The topological polar surface area (TPSA) is 56.7 Å². The molecular weight excluding hydrogens is 188 g/mol. The van der Waals surface area contributed by atoms with E-state index >= 15 is 0 Å². The molecule has 0 aliphatic carbocycles. The van der Waals surface area contributed by atoms with Crippen molar-refractivity contribution in [1.29, 1.82) is 0 Å². The summed E-state index contributed by atoms with van der Waals surface area (Å²) in [6.07, 6.45) is 6.25. The van der Waals surface area contributed by atoms with Crippen LogP contribution in [-0.2, 0) is 13.5 Å². The Labute approximate surface area is 88.8 Å². The van der Waals surface area contributed by atoms with Crippen LogP contribution in [0.1, 0.15) is 17.3 Å². The average Bonchev–Trinajstić information content (AvgIpc) is 2.66. The van der Waals surface area contributed by atoms with Crippen molar-refractivity contribution in [3.63, 3.8) is 0 Å². The van der Waals surface area contributed by atoms with Crippen molar-refractivity contribution in [2.24, 2.45) is 12.8 Å². The second kappa shape index (κ2) is 4.23. The number of aromatic nitrogens is 3. The van der Waals surface area contributed by atoms with Gasteiger partial charge in [-0.1, -0.05) is 0 Å². The van der Waals surface area contributed by atoms with Gasteiger partial charge < -0.3 is 5.73 Å². The summed E-state index contributed by atoms with van der Waals surface area (Å²) in [6.45, 7) is 0. The minimum Gasteiger partial charge on any atom is -0.322 e. The first-order valence-corrected chi connectivity index (χ1v) is 4.90. The number of hydrogen-bond donors (Lipinski definition) is 1. The molecule has 0 spiro atoms. The van der Waals surface area contributed by atoms with E-state index in [4.69, 9.17) is 5.73 Å². The highest BCUT2D eigenvalue weighted by atomic mass is 15.3. The van der Waals surface area contributed by atoms with E-state index in [1.54, 1.807) is 17.1 Å². The molecule has 0 aliphatic rings. The zero-order valence-electron chi connectivity index (χ0n) is 8.67. The number of nitrogens with two attached hydrogens (primary N) is 1. The summed E-state index contributed by atoms with van der Waals surface area (Å²) < 4.78 is 1.77. The normalized spacial score (nSPS) is 12.7. The smallest absolute Gasteiger partial charge is 0.0795 e. The largest absolute Gasteiger partial charge is 0.322 e. The fourth-order valence-electron chi connectivity index (χ4n) is 1.51. The highest BCUT2D eigenvalue weighted by molar-refractivity contribution is 5.15. The molecule has 78 valence electrons. The summed E-state index contributed by atoms with van der Waals surface area (Å²) in [5, 5.41) is 4.28. The van der Waals surface area contributed by atoms with Gasteiger partial charge in [0.05, 0.1) is 11.7 Å². The summed E-state index contributed by atoms with van der Waals surface area (Å²) in [5.74, 6) is 0. The van der Waals surface area contributed by atoms with Crippen LogP contribution in [0.5, 0.6) is 0 Å². The van der Waals surface area contributed by atoms with Crippen LogP contribution in [0.15, 0.2) is 36.8 Å². The van der Waals surface area contributed by atoms with Gasteiger partial charge in [0.15, 0.2) is 0 Å². The predicted molar refractivity (Wildman–Crippen MR) is 58.1 cm³/mol. The molecule has 0 saturated heterocycles. The maximum Gasteiger partial charge on any atom is 0.0795 e. The Morgan fingerprint density at radius 2 is 2.07 bits per heavy atom. The van der Waals surface area contributed by atoms with Gasteiger partial charge in [0.1, 0.15) is 0 Å². The lowest BCUT2D eigenvalue weighted by atomic mass is 10.1. The molecule has 0 saturated carbocycles. The quantitative estimate of drug-likeness (QED) is 0.809. The number of pyridine rings is 1. The molecule has 2 heterocycles. The molecule has 0 bridgehead atoms. The van der Waals surface area contributed by atoms with Crippen molar-refractivity contribution in [2.45, 2.75) is 12.5 Å². The third-order valence-electron chi connectivity index (χ3n) is 2.32. The molecule has 0 aliphatic heterocycles. The highest BCUT2D eigenvalue weighted by Crippen LogP contribution is 2.12. The first-order chi connectivity index (χ1) is 7.25. The van der Waals surface area contributed by atoms with Crippen LogP contribution in [0.2, 0.25) is 0 Å². The summed E-state index contributed by atoms with van der Waals surface area (Å²) >= 11 is 0. The van der Waals surface area contributed by atoms with E-state index in [9.17, 15) is 0 Å². The van der Waals surface area contributed by atoms with Crippen molar-refractivity contribution in [1.82, 2.24) is 14.8 Å². The maximum atomic E-state index is 6.04. The molecule has 0 fully saturated rings. The molecule has 2 rings (SSSR count). The Bertz CT molecular complexity index is 421. The Kier molecular flexibility index (Phi) is 2.78. The minimum atomic E-state index is -0.0476. The number of hydrogen-bond acceptors (Lipinski definition) is 3. The van der Waals surface area contributed by atoms with E-state index < -0.39 is 0 Å². The molecule has 1 unspecified atom stereocenters. The Morgan fingerprint density at radius 3 is 2.67 bits per heavy atom. The molecule has 15 heavy (non-hydrogen) atoms. The fourth-order valence-corrected chi connectivity index (χ4v) is 1.51. The standard InChI is InChI=1S/C11H14N4/c1-15-7-4-11(14-15)10(12)8-9-2-5-13-6-3-9/h2-7,10H,8,12H2,1H3. The molecule has 4 nitrogen and oxygen atoms in total. The van der Waals surface area contributed by atoms with Gasteiger partial charge in [-0.25, -0.2) is 0 Å². The Balaban J connectivity index is 2.07. The van der Waals surface area contributed by atoms with E-state index in [1.165, 1.54) is 5.56 Å². The SMILES string of the molecule is Cn1ccc(C(N)Cc2ccncc2)n1. The van der Waals surface area contributed by atoms with Crippen LogP contribution in [0.4, 0.5) is 0 Å². The first kappa shape index (κ1) is 9.86. The molecule has 1 atom stereocenters.